The van der Waals surface area contributed by atoms with E-state index in [1.54, 1.807) is 0 Å². The van der Waals surface area contributed by atoms with Crippen molar-refractivity contribution in [2.75, 3.05) is 6.61 Å². The maximum atomic E-state index is 5.64. The Labute approximate surface area is 95.5 Å². The molecule has 0 aromatic heterocycles. The Hall–Kier alpha value is -0.730. The van der Waals surface area contributed by atoms with Crippen LogP contribution in [0.1, 0.15) is 20.3 Å². The van der Waals surface area contributed by atoms with Crippen LogP contribution in [0.2, 0.25) is 0 Å². The highest BCUT2D eigenvalue weighted by Crippen LogP contribution is 2.34. The summed E-state index contributed by atoms with van der Waals surface area (Å²) in [7, 11) is 0. The molecule has 0 fully saturated rings. The van der Waals surface area contributed by atoms with E-state index in [4.69, 9.17) is 4.74 Å². The first-order chi connectivity index (χ1) is 7.16. The van der Waals surface area contributed by atoms with Gasteiger partial charge in [0.05, 0.1) is 12.2 Å². The average Bonchev–Trinajstić information content (AvgIpc) is 2.17. The van der Waals surface area contributed by atoms with Crippen LogP contribution in [0.4, 0.5) is 0 Å². The van der Waals surface area contributed by atoms with E-state index in [1.165, 1.54) is 9.80 Å². The maximum Gasteiger partial charge on any atom is 0.0817 e. The average molecular weight is 220 g/mol. The van der Waals surface area contributed by atoms with Crippen LogP contribution in [-0.2, 0) is 4.74 Å². The second-order valence-electron chi connectivity index (χ2n) is 4.23. The summed E-state index contributed by atoms with van der Waals surface area (Å²) in [5.41, 5.74) is -0.102. The molecule has 1 aliphatic rings. The van der Waals surface area contributed by atoms with Crippen molar-refractivity contribution >= 4 is 11.8 Å². The molecule has 0 saturated heterocycles. The first-order valence-corrected chi connectivity index (χ1v) is 6.06. The zero-order chi connectivity index (χ0) is 10.7. The molecule has 0 amide bonds. The fraction of sp³-hybridized carbons (Fsp3) is 0.385. The van der Waals surface area contributed by atoms with Crippen LogP contribution in [0.15, 0.2) is 46.2 Å². The molecule has 1 aromatic carbocycles. The van der Waals surface area contributed by atoms with Crippen molar-refractivity contribution in [2.45, 2.75) is 30.8 Å². The van der Waals surface area contributed by atoms with Crippen LogP contribution < -0.4 is 0 Å². The molecule has 15 heavy (non-hydrogen) atoms. The van der Waals surface area contributed by atoms with Gasteiger partial charge in [0.25, 0.3) is 0 Å². The van der Waals surface area contributed by atoms with Gasteiger partial charge in [0.15, 0.2) is 0 Å². The largest absolute Gasteiger partial charge is 0.371 e. The molecule has 1 aromatic rings. The summed E-state index contributed by atoms with van der Waals surface area (Å²) in [5, 5.41) is 0. The molecule has 0 saturated carbocycles. The van der Waals surface area contributed by atoms with Crippen molar-refractivity contribution < 1.29 is 4.74 Å². The lowest BCUT2D eigenvalue weighted by Gasteiger charge is -2.27. The van der Waals surface area contributed by atoms with Crippen LogP contribution in [0.5, 0.6) is 0 Å². The molecular weight excluding hydrogens is 204 g/mol. The van der Waals surface area contributed by atoms with Crippen LogP contribution in [-0.4, -0.2) is 12.2 Å². The predicted molar refractivity (Wildman–Crippen MR) is 65.0 cm³/mol. The van der Waals surface area contributed by atoms with Crippen LogP contribution >= 0.6 is 11.8 Å². The first-order valence-electron chi connectivity index (χ1n) is 5.24. The van der Waals surface area contributed by atoms with E-state index >= 15 is 0 Å². The Kier molecular flexibility index (Phi) is 3.17. The van der Waals surface area contributed by atoms with E-state index < -0.39 is 0 Å². The number of ether oxygens (including phenoxy) is 1. The lowest BCUT2D eigenvalue weighted by atomic mass is 10.1. The van der Waals surface area contributed by atoms with E-state index in [0.29, 0.717) is 0 Å². The SMILES string of the molecule is CC1(C)C=C(Sc2ccccc2)CCO1. The molecule has 0 bridgehead atoms. The minimum Gasteiger partial charge on any atom is -0.371 e. The summed E-state index contributed by atoms with van der Waals surface area (Å²) >= 11 is 1.85. The fourth-order valence-electron chi connectivity index (χ4n) is 1.64. The van der Waals surface area contributed by atoms with E-state index in [-0.39, 0.29) is 5.60 Å². The van der Waals surface area contributed by atoms with Gasteiger partial charge in [-0.15, -0.1) is 0 Å². The zero-order valence-corrected chi connectivity index (χ0v) is 10.0. The quantitative estimate of drug-likeness (QED) is 0.748. The summed E-state index contributed by atoms with van der Waals surface area (Å²) in [5.74, 6) is 0. The highest BCUT2D eigenvalue weighted by Gasteiger charge is 2.21. The Bertz CT molecular complexity index is 354. The van der Waals surface area contributed by atoms with Crippen molar-refractivity contribution in [1.29, 1.82) is 0 Å². The van der Waals surface area contributed by atoms with Gasteiger partial charge in [-0.1, -0.05) is 30.0 Å². The van der Waals surface area contributed by atoms with E-state index in [2.05, 4.69) is 44.2 Å². The molecule has 0 radical (unpaired) electrons. The molecule has 0 aliphatic carbocycles. The van der Waals surface area contributed by atoms with E-state index in [0.717, 1.165) is 13.0 Å². The molecule has 0 unspecified atom stereocenters. The van der Waals surface area contributed by atoms with Gasteiger partial charge in [-0.05, 0) is 37.0 Å². The molecule has 0 spiro atoms. The van der Waals surface area contributed by atoms with Crippen molar-refractivity contribution in [2.24, 2.45) is 0 Å². The lowest BCUT2D eigenvalue weighted by molar-refractivity contribution is 0.0132. The zero-order valence-electron chi connectivity index (χ0n) is 9.19. The molecule has 0 N–H and O–H groups in total. The van der Waals surface area contributed by atoms with Gasteiger partial charge in [-0.2, -0.15) is 0 Å². The minimum absolute atomic E-state index is 0.102. The van der Waals surface area contributed by atoms with Gasteiger partial charge in [0.1, 0.15) is 0 Å². The second-order valence-corrected chi connectivity index (χ2v) is 5.43. The Morgan fingerprint density at radius 2 is 1.93 bits per heavy atom. The van der Waals surface area contributed by atoms with E-state index in [9.17, 15) is 0 Å². The van der Waals surface area contributed by atoms with Gasteiger partial charge in [-0.3, -0.25) is 0 Å². The van der Waals surface area contributed by atoms with Crippen molar-refractivity contribution in [3.8, 4) is 0 Å². The van der Waals surface area contributed by atoms with Gasteiger partial charge in [0, 0.05) is 11.3 Å². The molecular formula is C13H16OS. The van der Waals surface area contributed by atoms with Gasteiger partial charge < -0.3 is 4.74 Å². The van der Waals surface area contributed by atoms with Gasteiger partial charge >= 0.3 is 0 Å². The summed E-state index contributed by atoms with van der Waals surface area (Å²) in [6, 6.07) is 10.5. The number of hydrogen-bond acceptors (Lipinski definition) is 2. The Morgan fingerprint density at radius 1 is 1.20 bits per heavy atom. The number of thioether (sulfide) groups is 1. The van der Waals surface area contributed by atoms with Crippen LogP contribution in [0.25, 0.3) is 0 Å². The summed E-state index contributed by atoms with van der Waals surface area (Å²) < 4.78 is 5.64. The smallest absolute Gasteiger partial charge is 0.0817 e. The number of benzene rings is 1. The molecule has 0 atom stereocenters. The standard InChI is InChI=1S/C13H16OS/c1-13(2)10-12(8-9-14-13)15-11-6-4-3-5-7-11/h3-7,10H,8-9H2,1-2H3. The minimum atomic E-state index is -0.102. The third kappa shape index (κ3) is 3.11. The molecule has 1 heterocycles. The molecule has 1 nitrogen and oxygen atoms in total. The van der Waals surface area contributed by atoms with Crippen molar-refractivity contribution in [3.05, 3.63) is 41.3 Å². The normalized spacial score (nSPS) is 19.7. The summed E-state index contributed by atoms with van der Waals surface area (Å²) in [6.45, 7) is 5.05. The van der Waals surface area contributed by atoms with Gasteiger partial charge in [-0.25, -0.2) is 0 Å². The van der Waals surface area contributed by atoms with Gasteiger partial charge in [0.2, 0.25) is 0 Å². The first kappa shape index (κ1) is 10.8. The number of rotatable bonds is 2. The Morgan fingerprint density at radius 3 is 2.60 bits per heavy atom. The van der Waals surface area contributed by atoms with Crippen molar-refractivity contribution in [3.63, 3.8) is 0 Å². The Balaban J connectivity index is 2.10. The fourth-order valence-corrected chi connectivity index (χ4v) is 2.76. The molecule has 2 heteroatoms. The highest BCUT2D eigenvalue weighted by atomic mass is 32.2. The predicted octanol–water partition coefficient (Wildman–Crippen LogP) is 3.86. The topological polar surface area (TPSA) is 9.23 Å². The van der Waals surface area contributed by atoms with E-state index in [1.807, 2.05) is 17.8 Å². The molecule has 80 valence electrons. The maximum absolute atomic E-state index is 5.64. The van der Waals surface area contributed by atoms with Crippen LogP contribution in [0, 0.1) is 0 Å². The third-order valence-corrected chi connectivity index (χ3v) is 3.42. The second kappa shape index (κ2) is 4.42. The monoisotopic (exact) mass is 220 g/mol. The summed E-state index contributed by atoms with van der Waals surface area (Å²) in [4.78, 5) is 2.72. The molecule has 1 aliphatic heterocycles. The van der Waals surface area contributed by atoms with Crippen molar-refractivity contribution in [1.82, 2.24) is 0 Å². The highest BCUT2D eigenvalue weighted by molar-refractivity contribution is 8.03. The summed E-state index contributed by atoms with van der Waals surface area (Å²) in [6.07, 6.45) is 3.26. The number of hydrogen-bond donors (Lipinski definition) is 0. The van der Waals surface area contributed by atoms with Crippen LogP contribution in [0.3, 0.4) is 0 Å². The lowest BCUT2D eigenvalue weighted by Crippen LogP contribution is -2.26. The molecule has 2 rings (SSSR count). The third-order valence-electron chi connectivity index (χ3n) is 2.32.